The lowest BCUT2D eigenvalue weighted by Gasteiger charge is -2.12. The van der Waals surface area contributed by atoms with Crippen molar-refractivity contribution in [3.05, 3.63) is 83.1 Å². The molecule has 1 heterocycles. The summed E-state index contributed by atoms with van der Waals surface area (Å²) in [6.45, 7) is 2.40. The average Bonchev–Trinajstić information content (AvgIpc) is 2.69. The molecule has 29 heavy (non-hydrogen) atoms. The number of ether oxygens (including phenoxy) is 1. The first-order chi connectivity index (χ1) is 14.0. The minimum atomic E-state index is -3.57. The Morgan fingerprint density at radius 2 is 1.72 bits per heavy atom. The van der Waals surface area contributed by atoms with E-state index in [1.165, 1.54) is 12.1 Å². The van der Waals surface area contributed by atoms with Gasteiger partial charge in [0.1, 0.15) is 11.5 Å². The first-order valence-corrected chi connectivity index (χ1v) is 11.3. The van der Waals surface area contributed by atoms with Crippen LogP contribution in [-0.4, -0.2) is 19.9 Å². The number of benzene rings is 2. The van der Waals surface area contributed by atoms with Crippen LogP contribution in [0, 0.1) is 0 Å². The quantitative estimate of drug-likeness (QED) is 0.518. The van der Waals surface area contributed by atoms with Crippen LogP contribution in [0.3, 0.4) is 0 Å². The number of hydrogen-bond acceptors (Lipinski definition) is 4. The lowest BCUT2D eigenvalue weighted by atomic mass is 10.0. The Balaban J connectivity index is 1.70. The maximum absolute atomic E-state index is 12.4. The fraction of sp³-hybridized carbons (Fsp3) is 0.227. The summed E-state index contributed by atoms with van der Waals surface area (Å²) < 4.78 is 33.4. The second-order valence-electron chi connectivity index (χ2n) is 6.63. The standard InChI is InChI=1S/C22H23ClN2O3S/c1-2-4-17-13-18(15-21(14-17)28-20-5-3-11-24-16-20)10-12-25-29(26,27)22-8-6-19(23)7-9-22/h3,5-9,11,13-16,25H,2,4,10,12H2,1H3. The molecule has 0 saturated carbocycles. The molecule has 0 fully saturated rings. The predicted octanol–water partition coefficient (Wildman–Crippen LogP) is 5.00. The van der Waals surface area contributed by atoms with Gasteiger partial charge in [-0.3, -0.25) is 4.98 Å². The Kier molecular flexibility index (Phi) is 7.25. The molecule has 0 aliphatic heterocycles. The number of hydrogen-bond donors (Lipinski definition) is 1. The number of rotatable bonds is 9. The van der Waals surface area contributed by atoms with Gasteiger partial charge in [-0.2, -0.15) is 0 Å². The molecule has 2 aromatic carbocycles. The second-order valence-corrected chi connectivity index (χ2v) is 8.83. The molecule has 1 N–H and O–H groups in total. The van der Waals surface area contributed by atoms with Crippen LogP contribution in [0.5, 0.6) is 11.5 Å². The molecule has 3 rings (SSSR count). The van der Waals surface area contributed by atoms with E-state index in [0.29, 0.717) is 17.2 Å². The van der Waals surface area contributed by atoms with Crippen LogP contribution in [0.25, 0.3) is 0 Å². The summed E-state index contributed by atoms with van der Waals surface area (Å²) >= 11 is 5.83. The molecule has 3 aromatic rings. The van der Waals surface area contributed by atoms with Crippen LogP contribution in [-0.2, 0) is 22.9 Å². The lowest BCUT2D eigenvalue weighted by molar-refractivity contribution is 0.478. The molecule has 5 nitrogen and oxygen atoms in total. The summed E-state index contributed by atoms with van der Waals surface area (Å²) in [5.74, 6) is 1.38. The normalized spacial score (nSPS) is 11.4. The molecular formula is C22H23ClN2O3S. The lowest BCUT2D eigenvalue weighted by Crippen LogP contribution is -2.26. The molecule has 0 aliphatic carbocycles. The van der Waals surface area contributed by atoms with Crippen LogP contribution in [0.2, 0.25) is 5.02 Å². The van der Waals surface area contributed by atoms with Crippen molar-refractivity contribution >= 4 is 21.6 Å². The number of halogens is 1. The molecule has 7 heteroatoms. The van der Waals surface area contributed by atoms with Crippen LogP contribution in [0.15, 0.2) is 71.9 Å². The monoisotopic (exact) mass is 430 g/mol. The van der Waals surface area contributed by atoms with Gasteiger partial charge < -0.3 is 4.74 Å². The molecule has 0 bridgehead atoms. The third-order valence-corrected chi connectivity index (χ3v) is 5.99. The molecule has 0 unspecified atom stereocenters. The highest BCUT2D eigenvalue weighted by Gasteiger charge is 2.13. The average molecular weight is 431 g/mol. The van der Waals surface area contributed by atoms with Gasteiger partial charge in [-0.1, -0.05) is 31.0 Å². The Morgan fingerprint density at radius 3 is 2.38 bits per heavy atom. The minimum absolute atomic E-state index is 0.197. The van der Waals surface area contributed by atoms with Gasteiger partial charge in [-0.05, 0) is 72.5 Å². The SMILES string of the molecule is CCCc1cc(CCNS(=O)(=O)c2ccc(Cl)cc2)cc(Oc2cccnc2)c1. The van der Waals surface area contributed by atoms with Gasteiger partial charge in [-0.25, -0.2) is 13.1 Å². The summed E-state index contributed by atoms with van der Waals surface area (Å²) in [5.41, 5.74) is 2.16. The smallest absolute Gasteiger partial charge is 0.240 e. The fourth-order valence-electron chi connectivity index (χ4n) is 2.94. The van der Waals surface area contributed by atoms with Crippen molar-refractivity contribution in [2.45, 2.75) is 31.1 Å². The zero-order valence-electron chi connectivity index (χ0n) is 16.1. The molecule has 0 radical (unpaired) electrons. The highest BCUT2D eigenvalue weighted by atomic mass is 35.5. The van der Waals surface area contributed by atoms with E-state index in [9.17, 15) is 8.42 Å². The largest absolute Gasteiger partial charge is 0.456 e. The maximum Gasteiger partial charge on any atom is 0.240 e. The van der Waals surface area contributed by atoms with E-state index in [1.807, 2.05) is 24.3 Å². The Labute approximate surface area is 176 Å². The van der Waals surface area contributed by atoms with Crippen LogP contribution in [0.1, 0.15) is 24.5 Å². The van der Waals surface area contributed by atoms with Crippen molar-refractivity contribution in [2.75, 3.05) is 6.54 Å². The van der Waals surface area contributed by atoms with Crippen LogP contribution in [0.4, 0.5) is 0 Å². The number of pyridine rings is 1. The van der Waals surface area contributed by atoms with Crippen LogP contribution >= 0.6 is 11.6 Å². The highest BCUT2D eigenvalue weighted by Crippen LogP contribution is 2.24. The molecule has 0 spiro atoms. The molecule has 0 amide bonds. The first kappa shape index (κ1) is 21.3. The van der Waals surface area contributed by atoms with E-state index in [4.69, 9.17) is 16.3 Å². The number of nitrogens with one attached hydrogen (secondary N) is 1. The summed E-state index contributed by atoms with van der Waals surface area (Å²) in [4.78, 5) is 4.26. The summed E-state index contributed by atoms with van der Waals surface area (Å²) in [5, 5.41) is 0.498. The van der Waals surface area contributed by atoms with E-state index in [0.717, 1.165) is 29.7 Å². The topological polar surface area (TPSA) is 68.3 Å². The Bertz CT molecular complexity index is 1040. The van der Waals surface area contributed by atoms with E-state index in [2.05, 4.69) is 22.7 Å². The van der Waals surface area contributed by atoms with E-state index >= 15 is 0 Å². The third kappa shape index (κ3) is 6.29. The van der Waals surface area contributed by atoms with E-state index in [1.54, 1.807) is 24.5 Å². The highest BCUT2D eigenvalue weighted by molar-refractivity contribution is 7.89. The van der Waals surface area contributed by atoms with Crippen molar-refractivity contribution in [1.82, 2.24) is 9.71 Å². The van der Waals surface area contributed by atoms with E-state index < -0.39 is 10.0 Å². The van der Waals surface area contributed by atoms with Gasteiger partial charge in [0.2, 0.25) is 10.0 Å². The van der Waals surface area contributed by atoms with Gasteiger partial charge in [0.15, 0.2) is 0 Å². The van der Waals surface area contributed by atoms with Crippen molar-refractivity contribution in [3.8, 4) is 11.5 Å². The zero-order chi connectivity index (χ0) is 20.7. The molecule has 0 saturated heterocycles. The number of aromatic nitrogens is 1. The molecule has 1 aromatic heterocycles. The van der Waals surface area contributed by atoms with E-state index in [-0.39, 0.29) is 11.4 Å². The second kappa shape index (κ2) is 9.87. The number of nitrogens with zero attached hydrogens (tertiary/aromatic N) is 1. The summed E-state index contributed by atoms with van der Waals surface area (Å²) in [6, 6.07) is 15.8. The first-order valence-electron chi connectivity index (χ1n) is 9.42. The maximum atomic E-state index is 12.4. The predicted molar refractivity (Wildman–Crippen MR) is 115 cm³/mol. The van der Waals surface area contributed by atoms with Crippen molar-refractivity contribution in [2.24, 2.45) is 0 Å². The molecule has 0 atom stereocenters. The molecule has 152 valence electrons. The zero-order valence-corrected chi connectivity index (χ0v) is 17.7. The van der Waals surface area contributed by atoms with Crippen molar-refractivity contribution < 1.29 is 13.2 Å². The van der Waals surface area contributed by atoms with Gasteiger partial charge in [-0.15, -0.1) is 0 Å². The van der Waals surface area contributed by atoms with Crippen molar-refractivity contribution in [1.29, 1.82) is 0 Å². The fourth-order valence-corrected chi connectivity index (χ4v) is 4.09. The minimum Gasteiger partial charge on any atom is -0.456 e. The number of aryl methyl sites for hydroxylation is 1. The van der Waals surface area contributed by atoms with Gasteiger partial charge in [0.25, 0.3) is 0 Å². The Morgan fingerprint density at radius 1 is 1.00 bits per heavy atom. The van der Waals surface area contributed by atoms with Crippen LogP contribution < -0.4 is 9.46 Å². The molecular weight excluding hydrogens is 408 g/mol. The van der Waals surface area contributed by atoms with Crippen molar-refractivity contribution in [3.63, 3.8) is 0 Å². The Hall–Kier alpha value is -2.41. The van der Waals surface area contributed by atoms with Gasteiger partial charge in [0, 0.05) is 17.8 Å². The molecule has 0 aliphatic rings. The number of sulfonamides is 1. The van der Waals surface area contributed by atoms with Gasteiger partial charge in [0.05, 0.1) is 11.1 Å². The summed E-state index contributed by atoms with van der Waals surface area (Å²) in [6.07, 6.45) is 5.84. The third-order valence-electron chi connectivity index (χ3n) is 4.26. The van der Waals surface area contributed by atoms with Gasteiger partial charge >= 0.3 is 0 Å². The summed E-state index contributed by atoms with van der Waals surface area (Å²) in [7, 11) is -3.57.